The number of amides is 1. The van der Waals surface area contributed by atoms with E-state index in [2.05, 4.69) is 6.92 Å². The molecule has 156 valence electrons. The van der Waals surface area contributed by atoms with E-state index in [1.54, 1.807) is 48.2 Å². The van der Waals surface area contributed by atoms with Crippen LogP contribution in [0.15, 0.2) is 58.3 Å². The second kappa shape index (κ2) is 9.22. The molecule has 3 rings (SSSR count). The van der Waals surface area contributed by atoms with Gasteiger partial charge >= 0.3 is 0 Å². The smallest absolute Gasteiger partial charge is 0.264 e. The van der Waals surface area contributed by atoms with Crippen LogP contribution in [0.5, 0.6) is 0 Å². The van der Waals surface area contributed by atoms with Crippen LogP contribution < -0.4 is 4.31 Å². The van der Waals surface area contributed by atoms with Crippen LogP contribution >= 0.6 is 11.8 Å². The Kier molecular flexibility index (Phi) is 6.90. The molecule has 0 saturated carbocycles. The Morgan fingerprint density at radius 1 is 1.14 bits per heavy atom. The number of thioether (sulfide) groups is 1. The molecule has 2 aromatic carbocycles. The number of sulfonamides is 1. The van der Waals surface area contributed by atoms with E-state index in [0.29, 0.717) is 23.7 Å². The molecule has 1 heterocycles. The number of anilines is 1. The molecule has 1 fully saturated rings. The van der Waals surface area contributed by atoms with Gasteiger partial charge in [0.25, 0.3) is 15.9 Å². The van der Waals surface area contributed by atoms with Gasteiger partial charge in [-0.3, -0.25) is 9.10 Å². The molecule has 0 radical (unpaired) electrons. The maximum atomic E-state index is 13.1. The summed E-state index contributed by atoms with van der Waals surface area (Å²) in [5.41, 5.74) is 1.16. The maximum Gasteiger partial charge on any atom is 0.264 e. The molecule has 0 aliphatic carbocycles. The number of likely N-dealkylation sites (tertiary alicyclic amines) is 1. The Balaban J connectivity index is 1.81. The van der Waals surface area contributed by atoms with Crippen LogP contribution in [0.1, 0.15) is 37.0 Å². The number of rotatable bonds is 6. The van der Waals surface area contributed by atoms with Crippen LogP contribution in [0.4, 0.5) is 5.69 Å². The molecule has 29 heavy (non-hydrogen) atoms. The SMILES string of the molecule is CCN(c1ccc(C(=O)N2CCC[C@@H](C)C2)cc1)S(=O)(=O)c1ccc(SC)cc1. The second-order valence-electron chi connectivity index (χ2n) is 7.39. The van der Waals surface area contributed by atoms with Crippen molar-refractivity contribution < 1.29 is 13.2 Å². The lowest BCUT2D eigenvalue weighted by atomic mass is 9.99. The first kappa shape index (κ1) is 21.7. The summed E-state index contributed by atoms with van der Waals surface area (Å²) >= 11 is 1.57. The molecule has 1 atom stereocenters. The average molecular weight is 433 g/mol. The van der Waals surface area contributed by atoms with Crippen LogP contribution in [0, 0.1) is 5.92 Å². The third kappa shape index (κ3) is 4.78. The summed E-state index contributed by atoms with van der Waals surface area (Å²) < 4.78 is 27.6. The molecule has 1 amide bonds. The van der Waals surface area contributed by atoms with Gasteiger partial charge < -0.3 is 4.90 Å². The molecule has 0 unspecified atom stereocenters. The molecule has 5 nitrogen and oxygen atoms in total. The maximum absolute atomic E-state index is 13.1. The zero-order valence-electron chi connectivity index (χ0n) is 17.2. The summed E-state index contributed by atoms with van der Waals surface area (Å²) in [6, 6.07) is 13.8. The number of nitrogens with zero attached hydrogens (tertiary/aromatic N) is 2. The number of benzene rings is 2. The number of hydrogen-bond donors (Lipinski definition) is 0. The highest BCUT2D eigenvalue weighted by Crippen LogP contribution is 2.26. The van der Waals surface area contributed by atoms with Gasteiger partial charge in [0.1, 0.15) is 0 Å². The highest BCUT2D eigenvalue weighted by molar-refractivity contribution is 7.98. The predicted octanol–water partition coefficient (Wildman–Crippen LogP) is 4.50. The largest absolute Gasteiger partial charge is 0.338 e. The van der Waals surface area contributed by atoms with E-state index in [-0.39, 0.29) is 10.8 Å². The van der Waals surface area contributed by atoms with Crippen molar-refractivity contribution in [3.63, 3.8) is 0 Å². The summed E-state index contributed by atoms with van der Waals surface area (Å²) in [5, 5.41) is 0. The highest BCUT2D eigenvalue weighted by atomic mass is 32.2. The van der Waals surface area contributed by atoms with Crippen LogP contribution in [0.25, 0.3) is 0 Å². The van der Waals surface area contributed by atoms with E-state index in [4.69, 9.17) is 0 Å². The Bertz CT molecular complexity index is 941. The van der Waals surface area contributed by atoms with E-state index in [1.807, 2.05) is 30.2 Å². The van der Waals surface area contributed by atoms with E-state index >= 15 is 0 Å². The number of piperidine rings is 1. The average Bonchev–Trinajstić information content (AvgIpc) is 2.74. The molecule has 7 heteroatoms. The molecule has 0 spiro atoms. The molecule has 0 aromatic heterocycles. The molecule has 2 aromatic rings. The van der Waals surface area contributed by atoms with E-state index in [9.17, 15) is 13.2 Å². The van der Waals surface area contributed by atoms with Crippen LogP contribution in [0.2, 0.25) is 0 Å². The predicted molar refractivity (Wildman–Crippen MR) is 119 cm³/mol. The van der Waals surface area contributed by atoms with E-state index in [0.717, 1.165) is 30.8 Å². The van der Waals surface area contributed by atoms with Gasteiger partial charge in [0, 0.05) is 30.1 Å². The summed E-state index contributed by atoms with van der Waals surface area (Å²) in [6.45, 7) is 5.85. The quantitative estimate of drug-likeness (QED) is 0.631. The number of carbonyl (C=O) groups excluding carboxylic acids is 1. The third-order valence-corrected chi connectivity index (χ3v) is 7.94. The first-order valence-electron chi connectivity index (χ1n) is 9.93. The van der Waals surface area contributed by atoms with Gasteiger partial charge in [0.15, 0.2) is 0 Å². The van der Waals surface area contributed by atoms with Gasteiger partial charge in [-0.15, -0.1) is 11.8 Å². The standard InChI is InChI=1S/C22H28N2O3S2/c1-4-24(29(26,27)21-13-11-20(28-3)12-14-21)19-9-7-18(8-10-19)22(25)23-15-5-6-17(2)16-23/h7-14,17H,4-6,15-16H2,1-3H3/t17-/m1/s1. The lowest BCUT2D eigenvalue weighted by molar-refractivity contribution is 0.0683. The minimum Gasteiger partial charge on any atom is -0.338 e. The lowest BCUT2D eigenvalue weighted by Crippen LogP contribution is -2.39. The molecule has 1 saturated heterocycles. The fraction of sp³-hybridized carbons (Fsp3) is 0.409. The van der Waals surface area contributed by atoms with Crippen molar-refractivity contribution in [3.8, 4) is 0 Å². The molecule has 0 N–H and O–H groups in total. The topological polar surface area (TPSA) is 57.7 Å². The third-order valence-electron chi connectivity index (χ3n) is 5.28. The van der Waals surface area contributed by atoms with Gasteiger partial charge in [0.2, 0.25) is 0 Å². The lowest BCUT2D eigenvalue weighted by Gasteiger charge is -2.31. The summed E-state index contributed by atoms with van der Waals surface area (Å²) in [7, 11) is -3.66. The number of hydrogen-bond acceptors (Lipinski definition) is 4. The van der Waals surface area contributed by atoms with Crippen LogP contribution in [-0.4, -0.2) is 45.1 Å². The Hall–Kier alpha value is -1.99. The Labute approximate surface area is 178 Å². The first-order chi connectivity index (χ1) is 13.9. The second-order valence-corrected chi connectivity index (χ2v) is 10.1. The summed E-state index contributed by atoms with van der Waals surface area (Å²) in [5.74, 6) is 0.534. The molecule has 0 bridgehead atoms. The van der Waals surface area contributed by atoms with Gasteiger partial charge in [-0.25, -0.2) is 8.42 Å². The molecule has 1 aliphatic rings. The van der Waals surface area contributed by atoms with Gasteiger partial charge in [-0.05, 0) is 80.5 Å². The summed E-state index contributed by atoms with van der Waals surface area (Å²) in [6.07, 6.45) is 4.14. The van der Waals surface area contributed by atoms with E-state index < -0.39 is 10.0 Å². The van der Waals surface area contributed by atoms with Crippen molar-refractivity contribution >= 4 is 33.4 Å². The molecule has 1 aliphatic heterocycles. The van der Waals surface area contributed by atoms with Crippen LogP contribution in [0.3, 0.4) is 0 Å². The fourth-order valence-electron chi connectivity index (χ4n) is 3.69. The molecular weight excluding hydrogens is 404 g/mol. The van der Waals surface area contributed by atoms with Gasteiger partial charge in [-0.2, -0.15) is 0 Å². The van der Waals surface area contributed by atoms with Crippen molar-refractivity contribution in [3.05, 3.63) is 54.1 Å². The van der Waals surface area contributed by atoms with Crippen molar-refractivity contribution in [1.82, 2.24) is 4.90 Å². The van der Waals surface area contributed by atoms with Crippen molar-refractivity contribution in [2.45, 2.75) is 36.5 Å². The van der Waals surface area contributed by atoms with Crippen molar-refractivity contribution in [2.24, 2.45) is 5.92 Å². The zero-order chi connectivity index (χ0) is 21.0. The van der Waals surface area contributed by atoms with Crippen molar-refractivity contribution in [2.75, 3.05) is 30.2 Å². The Morgan fingerprint density at radius 3 is 2.34 bits per heavy atom. The fourth-order valence-corrected chi connectivity index (χ4v) is 5.57. The minimum absolute atomic E-state index is 0.0154. The minimum atomic E-state index is -3.66. The zero-order valence-corrected chi connectivity index (χ0v) is 18.8. The molecular formula is C22H28N2O3S2. The van der Waals surface area contributed by atoms with Crippen LogP contribution in [-0.2, 0) is 10.0 Å². The van der Waals surface area contributed by atoms with Crippen molar-refractivity contribution in [1.29, 1.82) is 0 Å². The number of carbonyl (C=O) groups is 1. The monoisotopic (exact) mass is 432 g/mol. The normalized spacial score (nSPS) is 17.2. The van der Waals surface area contributed by atoms with Gasteiger partial charge in [0.05, 0.1) is 10.6 Å². The first-order valence-corrected chi connectivity index (χ1v) is 12.6. The van der Waals surface area contributed by atoms with Gasteiger partial charge in [-0.1, -0.05) is 6.92 Å². The highest BCUT2D eigenvalue weighted by Gasteiger charge is 2.25. The van der Waals surface area contributed by atoms with E-state index in [1.165, 1.54) is 4.31 Å². The Morgan fingerprint density at radius 2 is 1.79 bits per heavy atom. The summed E-state index contributed by atoms with van der Waals surface area (Å²) in [4.78, 5) is 15.9.